The summed E-state index contributed by atoms with van der Waals surface area (Å²) in [5.74, 6) is 0.241. The van der Waals surface area contributed by atoms with Crippen LogP contribution in [0.4, 0.5) is 11.4 Å². The van der Waals surface area contributed by atoms with Crippen molar-refractivity contribution in [2.75, 3.05) is 30.4 Å². The fourth-order valence-corrected chi connectivity index (χ4v) is 5.19. The van der Waals surface area contributed by atoms with E-state index in [-0.39, 0.29) is 10.6 Å². The minimum Gasteiger partial charge on any atom is -0.497 e. The van der Waals surface area contributed by atoms with E-state index in [1.54, 1.807) is 36.4 Å². The Kier molecular flexibility index (Phi) is 7.62. The highest BCUT2D eigenvalue weighted by Crippen LogP contribution is 2.35. The van der Waals surface area contributed by atoms with Gasteiger partial charge in [0.05, 0.1) is 24.8 Å². The Morgan fingerprint density at radius 3 is 2.34 bits per heavy atom. The van der Waals surface area contributed by atoms with Crippen LogP contribution in [0.5, 0.6) is 11.5 Å². The van der Waals surface area contributed by atoms with Gasteiger partial charge in [0.25, 0.3) is 10.0 Å². The van der Waals surface area contributed by atoms with Gasteiger partial charge < -0.3 is 14.8 Å². The Morgan fingerprint density at radius 1 is 1.00 bits per heavy atom. The van der Waals surface area contributed by atoms with Gasteiger partial charge in [-0.25, -0.2) is 8.42 Å². The van der Waals surface area contributed by atoms with E-state index in [9.17, 15) is 13.2 Å². The van der Waals surface area contributed by atoms with Crippen LogP contribution in [0, 0.1) is 10.5 Å². The first-order valence-corrected chi connectivity index (χ1v) is 12.1. The first-order valence-electron chi connectivity index (χ1n) is 9.62. The summed E-state index contributed by atoms with van der Waals surface area (Å²) in [4.78, 5) is 13.0. The van der Waals surface area contributed by atoms with E-state index < -0.39 is 22.5 Å². The lowest BCUT2D eigenvalue weighted by atomic mass is 10.2. The minimum atomic E-state index is -4.08. The molecule has 0 aliphatic carbocycles. The SMILES string of the molecule is COc1ccc(OC)c(N(CC(=O)Nc2ccc(I)cc2C)S(=O)(=O)c2ccccc2)c1. The number of hydrogen-bond acceptors (Lipinski definition) is 5. The summed E-state index contributed by atoms with van der Waals surface area (Å²) in [6, 6.07) is 18.3. The molecule has 1 N–H and O–H groups in total. The van der Waals surface area contributed by atoms with Gasteiger partial charge >= 0.3 is 0 Å². The molecule has 3 rings (SSSR count). The van der Waals surface area contributed by atoms with Gasteiger partial charge in [0.1, 0.15) is 18.0 Å². The number of sulfonamides is 1. The van der Waals surface area contributed by atoms with E-state index in [2.05, 4.69) is 27.9 Å². The number of aryl methyl sites for hydroxylation is 1. The number of methoxy groups -OCH3 is 2. The number of benzene rings is 3. The highest BCUT2D eigenvalue weighted by Gasteiger charge is 2.30. The molecule has 0 bridgehead atoms. The fourth-order valence-electron chi connectivity index (χ4n) is 3.10. The quantitative estimate of drug-likeness (QED) is 0.408. The third-order valence-corrected chi connectivity index (χ3v) is 7.18. The van der Waals surface area contributed by atoms with Crippen LogP contribution in [-0.4, -0.2) is 35.1 Å². The van der Waals surface area contributed by atoms with Gasteiger partial charge in [-0.05, 0) is 77.5 Å². The Bertz CT molecular complexity index is 1220. The summed E-state index contributed by atoms with van der Waals surface area (Å²) in [5, 5.41) is 2.81. The Balaban J connectivity index is 2.04. The topological polar surface area (TPSA) is 84.9 Å². The van der Waals surface area contributed by atoms with Crippen molar-refractivity contribution in [2.24, 2.45) is 0 Å². The number of nitrogens with zero attached hydrogens (tertiary/aromatic N) is 1. The molecule has 7 nitrogen and oxygen atoms in total. The van der Waals surface area contributed by atoms with E-state index in [1.165, 1.54) is 32.4 Å². The summed E-state index contributed by atoms with van der Waals surface area (Å²) in [6.07, 6.45) is 0. The molecule has 0 aromatic heterocycles. The normalized spacial score (nSPS) is 11.0. The molecular formula is C23H23IN2O5S. The molecule has 0 aliphatic rings. The zero-order chi connectivity index (χ0) is 23.3. The molecule has 0 spiro atoms. The van der Waals surface area contributed by atoms with Crippen LogP contribution < -0.4 is 19.1 Å². The number of carbonyl (C=O) groups is 1. The number of halogens is 1. The van der Waals surface area contributed by atoms with Crippen molar-refractivity contribution in [3.05, 3.63) is 75.9 Å². The Morgan fingerprint density at radius 2 is 1.72 bits per heavy atom. The molecule has 0 fully saturated rings. The van der Waals surface area contributed by atoms with Gasteiger partial charge in [-0.15, -0.1) is 0 Å². The number of carbonyl (C=O) groups excluding carboxylic acids is 1. The molecular weight excluding hydrogens is 543 g/mol. The predicted octanol–water partition coefficient (Wildman–Crippen LogP) is 4.45. The van der Waals surface area contributed by atoms with Crippen molar-refractivity contribution in [3.63, 3.8) is 0 Å². The maximum Gasteiger partial charge on any atom is 0.264 e. The Hall–Kier alpha value is -2.79. The molecule has 3 aromatic carbocycles. The molecule has 0 aliphatic heterocycles. The van der Waals surface area contributed by atoms with Crippen LogP contribution in [0.15, 0.2) is 71.6 Å². The molecule has 0 radical (unpaired) electrons. The minimum absolute atomic E-state index is 0.0584. The van der Waals surface area contributed by atoms with E-state index >= 15 is 0 Å². The number of anilines is 2. The van der Waals surface area contributed by atoms with Crippen LogP contribution in [-0.2, 0) is 14.8 Å². The molecule has 0 atom stereocenters. The lowest BCUT2D eigenvalue weighted by Gasteiger charge is -2.26. The van der Waals surface area contributed by atoms with Crippen molar-refractivity contribution in [3.8, 4) is 11.5 Å². The Labute approximate surface area is 201 Å². The molecule has 0 saturated carbocycles. The van der Waals surface area contributed by atoms with Gasteiger partial charge in [0, 0.05) is 15.3 Å². The second-order valence-electron chi connectivity index (χ2n) is 6.87. The average molecular weight is 566 g/mol. The van der Waals surface area contributed by atoms with Crippen molar-refractivity contribution >= 4 is 49.9 Å². The maximum absolute atomic E-state index is 13.5. The van der Waals surface area contributed by atoms with Gasteiger partial charge in [-0.2, -0.15) is 0 Å². The first kappa shape index (κ1) is 23.9. The van der Waals surface area contributed by atoms with Crippen LogP contribution in [0.1, 0.15) is 5.56 Å². The predicted molar refractivity (Wildman–Crippen MR) is 133 cm³/mol. The second-order valence-corrected chi connectivity index (χ2v) is 9.98. The van der Waals surface area contributed by atoms with Gasteiger partial charge in [-0.1, -0.05) is 18.2 Å². The number of ether oxygens (including phenoxy) is 2. The van der Waals surface area contributed by atoms with E-state index in [0.717, 1.165) is 13.4 Å². The lowest BCUT2D eigenvalue weighted by Crippen LogP contribution is -2.38. The van der Waals surface area contributed by atoms with Crippen molar-refractivity contribution < 1.29 is 22.7 Å². The van der Waals surface area contributed by atoms with E-state index in [4.69, 9.17) is 9.47 Å². The standard InChI is InChI=1S/C23H23IN2O5S/c1-16-13-17(24)9-11-20(16)25-23(27)15-26(32(28,29)19-7-5-4-6-8-19)21-14-18(30-2)10-12-22(21)31-3/h4-14H,15H2,1-3H3,(H,25,27). The highest BCUT2D eigenvalue weighted by atomic mass is 127. The third kappa shape index (κ3) is 5.33. The number of nitrogens with one attached hydrogen (secondary N) is 1. The highest BCUT2D eigenvalue weighted by molar-refractivity contribution is 14.1. The van der Waals surface area contributed by atoms with Gasteiger partial charge in [0.15, 0.2) is 0 Å². The molecule has 168 valence electrons. The number of rotatable bonds is 8. The average Bonchev–Trinajstić information content (AvgIpc) is 2.79. The first-order chi connectivity index (χ1) is 15.3. The number of hydrogen-bond donors (Lipinski definition) is 1. The molecule has 3 aromatic rings. The maximum atomic E-state index is 13.5. The summed E-state index contributed by atoms with van der Waals surface area (Å²) in [5.41, 5.74) is 1.69. The molecule has 0 unspecified atom stereocenters. The lowest BCUT2D eigenvalue weighted by molar-refractivity contribution is -0.114. The zero-order valence-corrected chi connectivity index (χ0v) is 20.8. The van der Waals surface area contributed by atoms with Crippen LogP contribution in [0.3, 0.4) is 0 Å². The second kappa shape index (κ2) is 10.2. The van der Waals surface area contributed by atoms with E-state index in [0.29, 0.717) is 17.2 Å². The molecule has 0 heterocycles. The number of amides is 1. The largest absolute Gasteiger partial charge is 0.497 e. The van der Waals surface area contributed by atoms with Crippen molar-refractivity contribution in [2.45, 2.75) is 11.8 Å². The zero-order valence-electron chi connectivity index (χ0n) is 17.8. The smallest absolute Gasteiger partial charge is 0.264 e. The van der Waals surface area contributed by atoms with Crippen molar-refractivity contribution in [1.82, 2.24) is 0 Å². The van der Waals surface area contributed by atoms with Gasteiger partial charge in [-0.3, -0.25) is 9.10 Å². The monoisotopic (exact) mass is 566 g/mol. The fraction of sp³-hybridized carbons (Fsp3) is 0.174. The molecule has 0 saturated heterocycles. The summed E-state index contributed by atoms with van der Waals surface area (Å²) < 4.78 is 39.8. The van der Waals surface area contributed by atoms with Crippen LogP contribution in [0.25, 0.3) is 0 Å². The summed E-state index contributed by atoms with van der Waals surface area (Å²) >= 11 is 2.19. The molecule has 9 heteroatoms. The summed E-state index contributed by atoms with van der Waals surface area (Å²) in [7, 11) is -1.16. The van der Waals surface area contributed by atoms with Crippen LogP contribution in [0.2, 0.25) is 0 Å². The third-order valence-electron chi connectivity index (χ3n) is 4.74. The van der Waals surface area contributed by atoms with Gasteiger partial charge in [0.2, 0.25) is 5.91 Å². The van der Waals surface area contributed by atoms with E-state index in [1.807, 2.05) is 19.1 Å². The molecule has 32 heavy (non-hydrogen) atoms. The molecule has 1 amide bonds. The summed E-state index contributed by atoms with van der Waals surface area (Å²) in [6.45, 7) is 1.42. The van der Waals surface area contributed by atoms with Crippen LogP contribution >= 0.6 is 22.6 Å². The van der Waals surface area contributed by atoms with Crippen molar-refractivity contribution in [1.29, 1.82) is 0 Å².